The first kappa shape index (κ1) is 12.1. The third kappa shape index (κ3) is 1.93. The quantitative estimate of drug-likeness (QED) is 0.848. The molecule has 0 unspecified atom stereocenters. The van der Waals surface area contributed by atoms with E-state index < -0.39 is 0 Å². The third-order valence-electron chi connectivity index (χ3n) is 3.52. The number of piperidine rings is 1. The minimum Gasteiger partial charge on any atom is -0.350 e. The van der Waals surface area contributed by atoms with Crippen molar-refractivity contribution in [1.29, 1.82) is 0 Å². The largest absolute Gasteiger partial charge is 0.350 e. The topological polar surface area (TPSA) is 36.1 Å². The van der Waals surface area contributed by atoms with Crippen LogP contribution in [0.1, 0.15) is 35.3 Å². The average Bonchev–Trinajstić information content (AvgIpc) is 2.91. The fourth-order valence-corrected chi connectivity index (χ4v) is 3.72. The van der Waals surface area contributed by atoms with Crippen LogP contribution in [0.4, 0.5) is 0 Å². The van der Waals surface area contributed by atoms with Gasteiger partial charge in [-0.25, -0.2) is 0 Å². The average molecular weight is 283 g/mol. The highest BCUT2D eigenvalue weighted by Crippen LogP contribution is 2.34. The molecule has 3 rings (SSSR count). The number of fused-ring (bicyclic) bond motifs is 1. The number of carbonyl (C=O) groups excluding carboxylic acids is 1. The molecule has 0 atom stereocenters. The van der Waals surface area contributed by atoms with E-state index in [-0.39, 0.29) is 5.91 Å². The summed E-state index contributed by atoms with van der Waals surface area (Å²) in [6, 6.07) is 1.93. The monoisotopic (exact) mass is 282 g/mol. The van der Waals surface area contributed by atoms with E-state index >= 15 is 0 Å². The number of amides is 1. The standard InChI is InChI=1S/C13H15ClN2OS/c1-8-11-10(18-12(8)14)7-9(15-11)13(17)16-5-3-2-4-6-16/h7,15H,2-6H2,1H3. The number of H-pyrrole nitrogens is 1. The van der Waals surface area contributed by atoms with Gasteiger partial charge in [0, 0.05) is 18.7 Å². The highest BCUT2D eigenvalue weighted by molar-refractivity contribution is 7.22. The second-order valence-electron chi connectivity index (χ2n) is 4.78. The summed E-state index contributed by atoms with van der Waals surface area (Å²) in [7, 11) is 0. The summed E-state index contributed by atoms with van der Waals surface area (Å²) >= 11 is 7.60. The summed E-state index contributed by atoms with van der Waals surface area (Å²) in [6.07, 6.45) is 3.47. The van der Waals surface area contributed by atoms with Gasteiger partial charge in [0.1, 0.15) is 5.69 Å². The molecule has 2 aromatic heterocycles. The normalized spacial score (nSPS) is 16.4. The van der Waals surface area contributed by atoms with Crippen LogP contribution in [0.15, 0.2) is 6.07 Å². The summed E-state index contributed by atoms with van der Waals surface area (Å²) in [5.74, 6) is 0.119. The first-order chi connectivity index (χ1) is 8.66. The van der Waals surface area contributed by atoms with Gasteiger partial charge in [0.2, 0.25) is 0 Å². The first-order valence-corrected chi connectivity index (χ1v) is 7.43. The summed E-state index contributed by atoms with van der Waals surface area (Å²) in [6.45, 7) is 3.74. The van der Waals surface area contributed by atoms with Gasteiger partial charge in [0.25, 0.3) is 5.91 Å². The Morgan fingerprint density at radius 2 is 2.11 bits per heavy atom. The highest BCUT2D eigenvalue weighted by atomic mass is 35.5. The van der Waals surface area contributed by atoms with Gasteiger partial charge in [0.15, 0.2) is 0 Å². The van der Waals surface area contributed by atoms with Crippen LogP contribution in [-0.4, -0.2) is 28.9 Å². The zero-order chi connectivity index (χ0) is 12.7. The lowest BCUT2D eigenvalue weighted by Crippen LogP contribution is -2.35. The molecule has 3 heterocycles. The minimum absolute atomic E-state index is 0.119. The Hall–Kier alpha value is -1.00. The molecular formula is C13H15ClN2OS. The fraction of sp³-hybridized carbons (Fsp3) is 0.462. The van der Waals surface area contributed by atoms with Crippen LogP contribution in [0, 0.1) is 6.92 Å². The van der Waals surface area contributed by atoms with Crippen molar-refractivity contribution in [3.8, 4) is 0 Å². The number of thiophene rings is 1. The van der Waals surface area contributed by atoms with E-state index in [4.69, 9.17) is 11.6 Å². The van der Waals surface area contributed by atoms with Gasteiger partial charge in [-0.3, -0.25) is 4.79 Å². The summed E-state index contributed by atoms with van der Waals surface area (Å²) in [5.41, 5.74) is 2.73. The maximum absolute atomic E-state index is 12.3. The number of hydrogen-bond donors (Lipinski definition) is 1. The van der Waals surface area contributed by atoms with Gasteiger partial charge < -0.3 is 9.88 Å². The smallest absolute Gasteiger partial charge is 0.270 e. The molecule has 1 saturated heterocycles. The Bertz CT molecular complexity index is 595. The maximum atomic E-state index is 12.3. The van der Waals surface area contributed by atoms with Crippen LogP contribution >= 0.6 is 22.9 Å². The molecule has 0 radical (unpaired) electrons. The van der Waals surface area contributed by atoms with Crippen molar-refractivity contribution in [2.45, 2.75) is 26.2 Å². The molecule has 3 nitrogen and oxygen atoms in total. The first-order valence-electron chi connectivity index (χ1n) is 6.23. The lowest BCUT2D eigenvalue weighted by Gasteiger charge is -2.26. The van der Waals surface area contributed by atoms with Gasteiger partial charge in [0.05, 0.1) is 14.6 Å². The highest BCUT2D eigenvalue weighted by Gasteiger charge is 2.21. The Balaban J connectivity index is 1.91. The summed E-state index contributed by atoms with van der Waals surface area (Å²) < 4.78 is 1.87. The van der Waals surface area contributed by atoms with Crippen molar-refractivity contribution < 1.29 is 4.79 Å². The molecule has 2 aromatic rings. The molecule has 0 aliphatic carbocycles. The van der Waals surface area contributed by atoms with Crippen molar-refractivity contribution in [3.63, 3.8) is 0 Å². The molecule has 96 valence electrons. The third-order valence-corrected chi connectivity index (χ3v) is 5.07. The number of aromatic nitrogens is 1. The molecule has 0 aromatic carbocycles. The molecule has 1 N–H and O–H groups in total. The lowest BCUT2D eigenvalue weighted by atomic mass is 10.1. The number of nitrogens with zero attached hydrogens (tertiary/aromatic N) is 1. The van der Waals surface area contributed by atoms with Crippen LogP contribution in [0.2, 0.25) is 4.34 Å². The van der Waals surface area contributed by atoms with Crippen molar-refractivity contribution in [3.05, 3.63) is 21.7 Å². The Labute approximate surface area is 115 Å². The van der Waals surface area contributed by atoms with E-state index in [1.54, 1.807) is 0 Å². The van der Waals surface area contributed by atoms with E-state index in [0.717, 1.165) is 46.0 Å². The Morgan fingerprint density at radius 3 is 2.78 bits per heavy atom. The van der Waals surface area contributed by atoms with Gasteiger partial charge in [-0.1, -0.05) is 11.6 Å². The molecule has 1 aliphatic heterocycles. The van der Waals surface area contributed by atoms with Gasteiger partial charge in [-0.05, 0) is 32.3 Å². The van der Waals surface area contributed by atoms with Gasteiger partial charge in [-0.2, -0.15) is 0 Å². The maximum Gasteiger partial charge on any atom is 0.270 e. The second kappa shape index (κ2) is 4.59. The number of rotatable bonds is 1. The van der Waals surface area contributed by atoms with Crippen molar-refractivity contribution in [1.82, 2.24) is 9.88 Å². The predicted octanol–water partition coefficient (Wildman–Crippen LogP) is 3.82. The zero-order valence-electron chi connectivity index (χ0n) is 10.3. The van der Waals surface area contributed by atoms with Crippen molar-refractivity contribution in [2.24, 2.45) is 0 Å². The van der Waals surface area contributed by atoms with E-state index in [9.17, 15) is 4.79 Å². The van der Waals surface area contributed by atoms with Crippen LogP contribution in [-0.2, 0) is 0 Å². The minimum atomic E-state index is 0.119. The molecule has 1 amide bonds. The number of carbonyl (C=O) groups is 1. The second-order valence-corrected chi connectivity index (χ2v) is 6.43. The van der Waals surface area contributed by atoms with Crippen molar-refractivity contribution >= 4 is 39.1 Å². The predicted molar refractivity (Wildman–Crippen MR) is 75.7 cm³/mol. The number of aryl methyl sites for hydroxylation is 1. The van der Waals surface area contributed by atoms with Crippen LogP contribution < -0.4 is 0 Å². The number of halogens is 1. The Kier molecular flexibility index (Phi) is 3.08. The Morgan fingerprint density at radius 1 is 1.39 bits per heavy atom. The molecule has 18 heavy (non-hydrogen) atoms. The molecule has 0 saturated carbocycles. The molecule has 5 heteroatoms. The molecule has 1 aliphatic rings. The van der Waals surface area contributed by atoms with Crippen LogP contribution in [0.25, 0.3) is 10.2 Å². The SMILES string of the molecule is Cc1c(Cl)sc2cc(C(=O)N3CCCCC3)[nH]c12. The van der Waals surface area contributed by atoms with Crippen LogP contribution in [0.3, 0.4) is 0 Å². The molecule has 1 fully saturated rings. The van der Waals surface area contributed by atoms with Gasteiger partial charge >= 0.3 is 0 Å². The van der Waals surface area contributed by atoms with E-state index in [2.05, 4.69) is 4.98 Å². The van der Waals surface area contributed by atoms with Crippen LogP contribution in [0.5, 0.6) is 0 Å². The number of likely N-dealkylation sites (tertiary alicyclic amines) is 1. The number of hydrogen-bond acceptors (Lipinski definition) is 2. The molecule has 0 bridgehead atoms. The van der Waals surface area contributed by atoms with Gasteiger partial charge in [-0.15, -0.1) is 11.3 Å². The summed E-state index contributed by atoms with van der Waals surface area (Å²) in [4.78, 5) is 17.5. The number of aromatic amines is 1. The zero-order valence-corrected chi connectivity index (χ0v) is 11.8. The van der Waals surface area contributed by atoms with E-state index in [0.29, 0.717) is 5.69 Å². The molecular weight excluding hydrogens is 268 g/mol. The summed E-state index contributed by atoms with van der Waals surface area (Å²) in [5, 5.41) is 0. The fourth-order valence-electron chi connectivity index (χ4n) is 2.45. The lowest BCUT2D eigenvalue weighted by molar-refractivity contribution is 0.0719. The number of nitrogens with one attached hydrogen (secondary N) is 1. The van der Waals surface area contributed by atoms with Crippen molar-refractivity contribution in [2.75, 3.05) is 13.1 Å². The molecule has 0 spiro atoms. The van der Waals surface area contributed by atoms with E-state index in [1.165, 1.54) is 17.8 Å². The van der Waals surface area contributed by atoms with E-state index in [1.807, 2.05) is 17.9 Å².